The molecule has 0 bridgehead atoms. The number of aromatic amines is 2. The van der Waals surface area contributed by atoms with Crippen LogP contribution in [0, 0.1) is 6.92 Å². The first-order valence-corrected chi connectivity index (χ1v) is 7.93. The third-order valence-electron chi connectivity index (χ3n) is 2.94. The molecule has 154 valence electrons. The Morgan fingerprint density at radius 3 is 1.82 bits per heavy atom. The van der Waals surface area contributed by atoms with Crippen molar-refractivity contribution < 1.29 is 9.59 Å². The first-order chi connectivity index (χ1) is 12.8. The molecule has 0 spiro atoms. The Labute approximate surface area is 161 Å². The average Bonchev–Trinajstić information content (AvgIpc) is 2.60. The molecule has 2 aromatic heterocycles. The molecule has 12 heteroatoms. The van der Waals surface area contributed by atoms with Gasteiger partial charge in [0.15, 0.2) is 0 Å². The molecular formula is C16H26N8O4. The maximum Gasteiger partial charge on any atom is 0.321 e. The number of hydrogen-bond donors (Lipinski definition) is 6. The van der Waals surface area contributed by atoms with Crippen molar-refractivity contribution in [1.82, 2.24) is 30.6 Å². The van der Waals surface area contributed by atoms with E-state index in [-0.39, 0.29) is 30.4 Å². The second-order valence-electron chi connectivity index (χ2n) is 5.08. The monoisotopic (exact) mass is 394 g/mol. The molecule has 0 radical (unpaired) electrons. The lowest BCUT2D eigenvalue weighted by Gasteiger charge is -2.03. The summed E-state index contributed by atoms with van der Waals surface area (Å²) in [7, 11) is 2.96. The summed E-state index contributed by atoms with van der Waals surface area (Å²) in [4.78, 5) is 56.4. The van der Waals surface area contributed by atoms with Crippen LogP contribution in [-0.4, -0.2) is 46.1 Å². The summed E-state index contributed by atoms with van der Waals surface area (Å²) in [6.07, 6.45) is 0.645. The molecule has 4 amide bonds. The number of aryl methyl sites for hydroxylation is 2. The minimum absolute atomic E-state index is 0. The van der Waals surface area contributed by atoms with E-state index in [1.54, 1.807) is 6.92 Å². The minimum atomic E-state index is -0.422. The van der Waals surface area contributed by atoms with E-state index < -0.39 is 12.1 Å². The van der Waals surface area contributed by atoms with E-state index in [0.29, 0.717) is 17.8 Å². The predicted octanol–water partition coefficient (Wildman–Crippen LogP) is 0.549. The number of urea groups is 2. The fourth-order valence-corrected chi connectivity index (χ4v) is 1.73. The lowest BCUT2D eigenvalue weighted by molar-refractivity contribution is 0.253. The first-order valence-electron chi connectivity index (χ1n) is 7.93. The highest BCUT2D eigenvalue weighted by Gasteiger charge is 2.03. The molecule has 0 aliphatic carbocycles. The molecule has 28 heavy (non-hydrogen) atoms. The summed E-state index contributed by atoms with van der Waals surface area (Å²) < 4.78 is 0. The minimum Gasteiger partial charge on any atom is -0.341 e. The van der Waals surface area contributed by atoms with Gasteiger partial charge >= 0.3 is 12.1 Å². The average molecular weight is 394 g/mol. The Morgan fingerprint density at radius 2 is 1.39 bits per heavy atom. The van der Waals surface area contributed by atoms with Crippen molar-refractivity contribution in [3.05, 3.63) is 44.2 Å². The number of hydrogen-bond acceptors (Lipinski definition) is 6. The second kappa shape index (κ2) is 11.8. The van der Waals surface area contributed by atoms with Crippen LogP contribution >= 0.6 is 0 Å². The summed E-state index contributed by atoms with van der Waals surface area (Å²) in [5, 5.41) is 9.45. The molecule has 0 saturated carbocycles. The Balaban J connectivity index is 0.000000504. The molecule has 0 aliphatic rings. The molecule has 12 nitrogen and oxygen atoms in total. The van der Waals surface area contributed by atoms with Crippen LogP contribution in [0.3, 0.4) is 0 Å². The lowest BCUT2D eigenvalue weighted by Crippen LogP contribution is -2.27. The van der Waals surface area contributed by atoms with Gasteiger partial charge < -0.3 is 10.6 Å². The van der Waals surface area contributed by atoms with Crippen molar-refractivity contribution in [2.45, 2.75) is 27.7 Å². The molecule has 2 heterocycles. The Bertz CT molecular complexity index is 906. The van der Waals surface area contributed by atoms with Gasteiger partial charge in [-0.2, -0.15) is 0 Å². The van der Waals surface area contributed by atoms with Crippen molar-refractivity contribution >= 4 is 24.0 Å². The van der Waals surface area contributed by atoms with Crippen molar-refractivity contribution in [3.63, 3.8) is 0 Å². The Hall–Kier alpha value is -3.70. The predicted molar refractivity (Wildman–Crippen MR) is 107 cm³/mol. The largest absolute Gasteiger partial charge is 0.341 e. The van der Waals surface area contributed by atoms with E-state index in [1.165, 1.54) is 26.2 Å². The summed E-state index contributed by atoms with van der Waals surface area (Å²) in [6.45, 7) is 3.55. The quantitative estimate of drug-likeness (QED) is 0.443. The van der Waals surface area contributed by atoms with Gasteiger partial charge in [0.2, 0.25) is 11.9 Å². The molecule has 2 aromatic rings. The zero-order chi connectivity index (χ0) is 20.4. The number of amides is 4. The lowest BCUT2D eigenvalue weighted by atomic mass is 10.3. The summed E-state index contributed by atoms with van der Waals surface area (Å²) in [5.41, 5.74) is 0.623. The number of H-pyrrole nitrogens is 2. The van der Waals surface area contributed by atoms with E-state index in [2.05, 4.69) is 41.2 Å². The van der Waals surface area contributed by atoms with Gasteiger partial charge in [0.25, 0.3) is 11.1 Å². The normalized spacial score (nSPS) is 9.14. The second-order valence-corrected chi connectivity index (χ2v) is 5.08. The SMILES string of the molecule is C.CCc1cc(=O)[nH]c(NC(=O)NC)n1.CNC(=O)Nc1nc(C)cc(=O)[nH]1. The number of rotatable bonds is 3. The Kier molecular flexibility index (Phi) is 10.3. The van der Waals surface area contributed by atoms with Crippen LogP contribution < -0.4 is 32.4 Å². The van der Waals surface area contributed by atoms with Crippen LogP contribution in [0.25, 0.3) is 0 Å². The van der Waals surface area contributed by atoms with Gasteiger partial charge in [-0.15, -0.1) is 0 Å². The van der Waals surface area contributed by atoms with Crippen molar-refractivity contribution in [2.24, 2.45) is 0 Å². The molecule has 0 unspecified atom stereocenters. The van der Waals surface area contributed by atoms with Gasteiger partial charge in [-0.3, -0.25) is 30.2 Å². The smallest absolute Gasteiger partial charge is 0.321 e. The molecule has 2 rings (SSSR count). The molecule has 0 fully saturated rings. The van der Waals surface area contributed by atoms with Crippen molar-refractivity contribution in [2.75, 3.05) is 24.7 Å². The van der Waals surface area contributed by atoms with Gasteiger partial charge in [-0.1, -0.05) is 14.4 Å². The fraction of sp³-hybridized carbons (Fsp3) is 0.375. The molecule has 0 aliphatic heterocycles. The summed E-state index contributed by atoms with van der Waals surface area (Å²) in [5.74, 6) is 0.304. The Morgan fingerprint density at radius 1 is 0.929 bits per heavy atom. The molecule has 0 atom stereocenters. The highest BCUT2D eigenvalue weighted by molar-refractivity contribution is 5.87. The zero-order valence-electron chi connectivity index (χ0n) is 15.4. The van der Waals surface area contributed by atoms with E-state index >= 15 is 0 Å². The standard InChI is InChI=1S/C8H12N4O2.C7H10N4O2.CH4/c1-3-5-4-6(13)11-7(10-5)12-8(14)9-2;1-4-3-5(12)10-6(9-4)11-7(13)8-2;/h4H,3H2,1-2H3,(H3,9,10,11,12,13,14);3H,1-2H3,(H3,8,9,10,11,12,13);1H4. The van der Waals surface area contributed by atoms with Crippen molar-refractivity contribution in [3.8, 4) is 0 Å². The summed E-state index contributed by atoms with van der Waals surface area (Å²) >= 11 is 0. The third-order valence-corrected chi connectivity index (χ3v) is 2.94. The zero-order valence-corrected chi connectivity index (χ0v) is 15.4. The van der Waals surface area contributed by atoms with Crippen LogP contribution in [0.5, 0.6) is 0 Å². The van der Waals surface area contributed by atoms with Gasteiger partial charge in [-0.05, 0) is 13.3 Å². The fourth-order valence-electron chi connectivity index (χ4n) is 1.73. The van der Waals surface area contributed by atoms with E-state index in [9.17, 15) is 19.2 Å². The van der Waals surface area contributed by atoms with Crippen LogP contribution in [0.4, 0.5) is 21.5 Å². The number of aromatic nitrogens is 4. The van der Waals surface area contributed by atoms with Gasteiger partial charge in [0.05, 0.1) is 0 Å². The summed E-state index contributed by atoms with van der Waals surface area (Å²) in [6, 6.07) is 1.90. The number of anilines is 2. The third kappa shape index (κ3) is 8.60. The number of carbonyl (C=O) groups excluding carboxylic acids is 2. The van der Waals surface area contributed by atoms with Gasteiger partial charge in [-0.25, -0.2) is 19.6 Å². The van der Waals surface area contributed by atoms with Crippen molar-refractivity contribution in [1.29, 1.82) is 0 Å². The van der Waals surface area contributed by atoms with Crippen LogP contribution in [0.1, 0.15) is 25.7 Å². The van der Waals surface area contributed by atoms with Gasteiger partial charge in [0, 0.05) is 37.6 Å². The van der Waals surface area contributed by atoms with Gasteiger partial charge in [0.1, 0.15) is 0 Å². The van der Waals surface area contributed by atoms with Crippen LogP contribution in [-0.2, 0) is 6.42 Å². The molecule has 0 saturated heterocycles. The number of nitrogens with zero attached hydrogens (tertiary/aromatic N) is 2. The van der Waals surface area contributed by atoms with Crippen LogP contribution in [0.2, 0.25) is 0 Å². The van der Waals surface area contributed by atoms with E-state index in [4.69, 9.17) is 0 Å². The molecule has 6 N–H and O–H groups in total. The maximum absolute atomic E-state index is 11.1. The highest BCUT2D eigenvalue weighted by atomic mass is 16.2. The number of nitrogens with one attached hydrogen (secondary N) is 6. The maximum atomic E-state index is 11.1. The number of carbonyl (C=O) groups is 2. The highest BCUT2D eigenvalue weighted by Crippen LogP contribution is 1.97. The molecular weight excluding hydrogens is 368 g/mol. The van der Waals surface area contributed by atoms with E-state index in [1.807, 2.05) is 6.92 Å². The van der Waals surface area contributed by atoms with E-state index in [0.717, 1.165) is 0 Å². The molecule has 0 aromatic carbocycles. The van der Waals surface area contributed by atoms with Crippen LogP contribution in [0.15, 0.2) is 21.7 Å². The topological polar surface area (TPSA) is 174 Å². The first kappa shape index (κ1) is 24.3.